The molecule has 1 saturated heterocycles. The van der Waals surface area contributed by atoms with E-state index in [2.05, 4.69) is 32.9 Å². The molecular weight excluding hydrogens is 437 g/mol. The van der Waals surface area contributed by atoms with Crippen LogP contribution < -0.4 is 5.32 Å². The Balaban J connectivity index is 1.41. The molecule has 4 rings (SSSR count). The van der Waals surface area contributed by atoms with E-state index in [1.807, 2.05) is 34.5 Å². The van der Waals surface area contributed by atoms with Crippen molar-refractivity contribution in [1.29, 1.82) is 0 Å². The molecule has 1 atom stereocenters. The molecule has 2 aromatic rings. The van der Waals surface area contributed by atoms with Gasteiger partial charge in [-0.3, -0.25) is 9.59 Å². The number of likely N-dealkylation sites (tertiary alicyclic amines) is 1. The zero-order chi connectivity index (χ0) is 16.7. The number of hydrogen-bond acceptors (Lipinski definition) is 4. The second-order valence-electron chi connectivity index (χ2n) is 6.21. The summed E-state index contributed by atoms with van der Waals surface area (Å²) in [5.74, 6) is -0.255. The third kappa shape index (κ3) is 3.32. The lowest BCUT2D eigenvalue weighted by Gasteiger charge is -2.14. The van der Waals surface area contributed by atoms with E-state index in [-0.39, 0.29) is 17.7 Å². The minimum atomic E-state index is -0.260. The maximum atomic E-state index is 12.4. The highest BCUT2D eigenvalue weighted by Gasteiger charge is 2.41. The number of nitrogens with one attached hydrogen (secondary N) is 1. The zero-order valence-electron chi connectivity index (χ0n) is 12.9. The number of hydrogen-bond donors (Lipinski definition) is 1. The standard InChI is InChI=1S/C17H16IN3O2S/c18-12-3-1-10(2-4-12)14-9-24-17(19-14)20-16(23)11-7-15(22)21(8-11)13-5-6-13/h1-4,9,11,13H,5-8H2,(H,19,20,23). The van der Waals surface area contributed by atoms with Crippen LogP contribution >= 0.6 is 33.9 Å². The summed E-state index contributed by atoms with van der Waals surface area (Å²) in [7, 11) is 0. The number of anilines is 1. The SMILES string of the molecule is O=C(Nc1nc(-c2ccc(I)cc2)cs1)C1CC(=O)N(C2CC2)C1. The van der Waals surface area contributed by atoms with Gasteiger partial charge in [0.15, 0.2) is 5.13 Å². The van der Waals surface area contributed by atoms with Gasteiger partial charge in [-0.25, -0.2) is 4.98 Å². The number of thiazole rings is 1. The molecule has 2 aliphatic rings. The first-order valence-electron chi connectivity index (χ1n) is 7.92. The van der Waals surface area contributed by atoms with Crippen LogP contribution in [0.2, 0.25) is 0 Å². The zero-order valence-corrected chi connectivity index (χ0v) is 15.8. The van der Waals surface area contributed by atoms with E-state index < -0.39 is 0 Å². The highest BCUT2D eigenvalue weighted by atomic mass is 127. The van der Waals surface area contributed by atoms with Crippen LogP contribution in [-0.2, 0) is 9.59 Å². The molecular formula is C17H16IN3O2S. The highest BCUT2D eigenvalue weighted by Crippen LogP contribution is 2.33. The van der Waals surface area contributed by atoms with Crippen LogP contribution in [0.3, 0.4) is 0 Å². The molecule has 5 nitrogen and oxygen atoms in total. The van der Waals surface area contributed by atoms with Crippen LogP contribution in [0.1, 0.15) is 19.3 Å². The van der Waals surface area contributed by atoms with Crippen molar-refractivity contribution < 1.29 is 9.59 Å². The smallest absolute Gasteiger partial charge is 0.231 e. The molecule has 7 heteroatoms. The fraction of sp³-hybridized carbons (Fsp3) is 0.353. The molecule has 1 aliphatic carbocycles. The van der Waals surface area contributed by atoms with Gasteiger partial charge in [0, 0.05) is 33.5 Å². The van der Waals surface area contributed by atoms with Gasteiger partial charge in [-0.2, -0.15) is 0 Å². The second kappa shape index (κ2) is 6.44. The molecule has 124 valence electrons. The summed E-state index contributed by atoms with van der Waals surface area (Å²) < 4.78 is 1.17. The van der Waals surface area contributed by atoms with Gasteiger partial charge in [-0.05, 0) is 47.6 Å². The van der Waals surface area contributed by atoms with Crippen molar-refractivity contribution >= 4 is 50.9 Å². The molecule has 1 aromatic carbocycles. The molecule has 2 amide bonds. The Bertz CT molecular complexity index is 785. The molecule has 2 fully saturated rings. The normalized spacial score (nSPS) is 20.5. The minimum Gasteiger partial charge on any atom is -0.339 e. The Hall–Kier alpha value is -1.48. The molecule has 1 aromatic heterocycles. The Morgan fingerprint density at radius 3 is 2.75 bits per heavy atom. The summed E-state index contributed by atoms with van der Waals surface area (Å²) in [6.45, 7) is 0.546. The number of halogens is 1. The van der Waals surface area contributed by atoms with Crippen LogP contribution in [0, 0.1) is 9.49 Å². The van der Waals surface area contributed by atoms with Crippen molar-refractivity contribution in [3.8, 4) is 11.3 Å². The Labute approximate surface area is 157 Å². The van der Waals surface area contributed by atoms with E-state index in [0.29, 0.717) is 24.1 Å². The van der Waals surface area contributed by atoms with E-state index in [1.54, 1.807) is 0 Å². The fourth-order valence-corrected chi connectivity index (χ4v) is 4.02. The number of carbonyl (C=O) groups is 2. The Kier molecular flexibility index (Phi) is 4.29. The van der Waals surface area contributed by atoms with Gasteiger partial charge in [0.2, 0.25) is 11.8 Å². The summed E-state index contributed by atoms with van der Waals surface area (Å²) >= 11 is 3.68. The summed E-state index contributed by atoms with van der Waals surface area (Å²) in [6, 6.07) is 8.48. The van der Waals surface area contributed by atoms with Crippen molar-refractivity contribution in [2.75, 3.05) is 11.9 Å². The fourth-order valence-electron chi connectivity index (χ4n) is 2.94. The monoisotopic (exact) mass is 453 g/mol. The van der Waals surface area contributed by atoms with Crippen LogP contribution in [0.4, 0.5) is 5.13 Å². The molecule has 0 radical (unpaired) electrons. The first-order chi connectivity index (χ1) is 11.6. The summed E-state index contributed by atoms with van der Waals surface area (Å²) in [6.07, 6.45) is 2.47. The van der Waals surface area contributed by atoms with Gasteiger partial charge >= 0.3 is 0 Å². The third-order valence-electron chi connectivity index (χ3n) is 4.39. The van der Waals surface area contributed by atoms with Crippen LogP contribution in [0.25, 0.3) is 11.3 Å². The molecule has 2 heterocycles. The lowest BCUT2D eigenvalue weighted by molar-refractivity contribution is -0.128. The summed E-state index contributed by atoms with van der Waals surface area (Å²) in [4.78, 5) is 30.7. The van der Waals surface area contributed by atoms with Crippen LogP contribution in [-0.4, -0.2) is 34.3 Å². The average Bonchev–Trinajstić information content (AvgIpc) is 3.18. The third-order valence-corrected chi connectivity index (χ3v) is 5.87. The van der Waals surface area contributed by atoms with Gasteiger partial charge in [0.25, 0.3) is 0 Å². The molecule has 1 N–H and O–H groups in total. The van der Waals surface area contributed by atoms with Gasteiger partial charge in [0.05, 0.1) is 11.6 Å². The highest BCUT2D eigenvalue weighted by molar-refractivity contribution is 14.1. The predicted molar refractivity (Wildman–Crippen MR) is 102 cm³/mol. The number of nitrogens with zero attached hydrogens (tertiary/aromatic N) is 2. The molecule has 1 saturated carbocycles. The molecule has 0 spiro atoms. The van der Waals surface area contributed by atoms with E-state index in [1.165, 1.54) is 14.9 Å². The van der Waals surface area contributed by atoms with Gasteiger partial charge in [0.1, 0.15) is 0 Å². The topological polar surface area (TPSA) is 62.3 Å². The van der Waals surface area contributed by atoms with E-state index in [4.69, 9.17) is 0 Å². The molecule has 0 bridgehead atoms. The maximum Gasteiger partial charge on any atom is 0.231 e. The minimum absolute atomic E-state index is 0.102. The Morgan fingerprint density at radius 1 is 1.29 bits per heavy atom. The lowest BCUT2D eigenvalue weighted by Crippen LogP contribution is -2.29. The van der Waals surface area contributed by atoms with E-state index in [9.17, 15) is 9.59 Å². The number of benzene rings is 1. The van der Waals surface area contributed by atoms with Crippen molar-refractivity contribution in [3.05, 3.63) is 33.2 Å². The van der Waals surface area contributed by atoms with Gasteiger partial charge < -0.3 is 10.2 Å². The largest absolute Gasteiger partial charge is 0.339 e. The summed E-state index contributed by atoms with van der Waals surface area (Å²) in [5, 5.41) is 5.40. The quantitative estimate of drug-likeness (QED) is 0.723. The number of rotatable bonds is 4. The van der Waals surface area contributed by atoms with Gasteiger partial charge in [-0.15, -0.1) is 11.3 Å². The predicted octanol–water partition coefficient (Wildman–Crippen LogP) is 3.36. The maximum absolute atomic E-state index is 12.4. The van der Waals surface area contributed by atoms with E-state index in [0.717, 1.165) is 24.1 Å². The number of amides is 2. The van der Waals surface area contributed by atoms with E-state index >= 15 is 0 Å². The number of aromatic nitrogens is 1. The van der Waals surface area contributed by atoms with Crippen molar-refractivity contribution in [1.82, 2.24) is 9.88 Å². The number of carbonyl (C=O) groups excluding carboxylic acids is 2. The first-order valence-corrected chi connectivity index (χ1v) is 9.88. The van der Waals surface area contributed by atoms with Crippen LogP contribution in [0.15, 0.2) is 29.6 Å². The molecule has 1 unspecified atom stereocenters. The van der Waals surface area contributed by atoms with Crippen molar-refractivity contribution in [2.45, 2.75) is 25.3 Å². The van der Waals surface area contributed by atoms with Gasteiger partial charge in [-0.1, -0.05) is 12.1 Å². The first kappa shape index (κ1) is 16.0. The van der Waals surface area contributed by atoms with Crippen molar-refractivity contribution in [3.63, 3.8) is 0 Å². The second-order valence-corrected chi connectivity index (χ2v) is 8.32. The Morgan fingerprint density at radius 2 is 2.04 bits per heavy atom. The molecule has 24 heavy (non-hydrogen) atoms. The lowest BCUT2D eigenvalue weighted by atomic mass is 10.1. The molecule has 1 aliphatic heterocycles. The van der Waals surface area contributed by atoms with Crippen LogP contribution in [0.5, 0.6) is 0 Å². The van der Waals surface area contributed by atoms with Crippen molar-refractivity contribution in [2.24, 2.45) is 5.92 Å². The average molecular weight is 453 g/mol. The summed E-state index contributed by atoms with van der Waals surface area (Å²) in [5.41, 5.74) is 1.89.